The van der Waals surface area contributed by atoms with Crippen LogP contribution in [-0.2, 0) is 4.79 Å². The first-order chi connectivity index (χ1) is 16.0. The number of rotatable bonds is 1. The fourth-order valence-corrected chi connectivity index (χ4v) is 10.8. The van der Waals surface area contributed by atoms with Gasteiger partial charge in [-0.15, -0.1) is 0 Å². The van der Waals surface area contributed by atoms with Crippen molar-refractivity contribution >= 4 is 5.97 Å². The van der Waals surface area contributed by atoms with Gasteiger partial charge in [0.05, 0.1) is 23.2 Å². The van der Waals surface area contributed by atoms with E-state index in [9.17, 15) is 25.2 Å². The molecule has 0 aromatic carbocycles. The Kier molecular flexibility index (Phi) is 5.40. The SMILES string of the molecule is C[C@H]1[C@H](C)CC[C@]2(C(=O)O)CC[C@]3(C)C(=CCC4(O)[C@@]5(C)C(O)C[C@H](O)C(C)(C)C5CC[C@]43C)[C@H]12. The molecule has 0 heterocycles. The highest BCUT2D eigenvalue weighted by Gasteiger charge is 2.76. The Morgan fingerprint density at radius 3 is 2.23 bits per heavy atom. The van der Waals surface area contributed by atoms with E-state index in [1.54, 1.807) is 0 Å². The molecule has 3 unspecified atom stereocenters. The van der Waals surface area contributed by atoms with Gasteiger partial charge in [0, 0.05) is 17.3 Å². The van der Waals surface area contributed by atoms with E-state index < -0.39 is 45.4 Å². The molecule has 0 spiro atoms. The van der Waals surface area contributed by atoms with Crippen molar-refractivity contribution < 1.29 is 25.2 Å². The highest BCUT2D eigenvalue weighted by atomic mass is 16.4. The number of carboxylic acids is 1. The minimum Gasteiger partial charge on any atom is -0.481 e. The largest absolute Gasteiger partial charge is 0.481 e. The topological polar surface area (TPSA) is 98.0 Å². The minimum atomic E-state index is -1.13. The molecule has 5 aliphatic rings. The molecule has 0 aliphatic heterocycles. The first-order valence-electron chi connectivity index (χ1n) is 14.1. The zero-order chi connectivity index (χ0) is 26.0. The molecule has 5 aliphatic carbocycles. The van der Waals surface area contributed by atoms with Crippen LogP contribution in [0.5, 0.6) is 0 Å². The lowest BCUT2D eigenvalue weighted by Gasteiger charge is -2.75. The summed E-state index contributed by atoms with van der Waals surface area (Å²) in [5.74, 6) is 0.0933. The average Bonchev–Trinajstić information content (AvgIpc) is 2.77. The quantitative estimate of drug-likeness (QED) is 0.382. The van der Waals surface area contributed by atoms with Gasteiger partial charge < -0.3 is 20.4 Å². The van der Waals surface area contributed by atoms with Crippen molar-refractivity contribution in [1.29, 1.82) is 0 Å². The molecule has 35 heavy (non-hydrogen) atoms. The van der Waals surface area contributed by atoms with Gasteiger partial charge in [0.15, 0.2) is 0 Å². The average molecular weight is 489 g/mol. The number of allylic oxidation sites excluding steroid dienone is 1. The summed E-state index contributed by atoms with van der Waals surface area (Å²) in [6, 6.07) is 0. The van der Waals surface area contributed by atoms with Crippen molar-refractivity contribution in [2.24, 2.45) is 50.7 Å². The molecule has 4 saturated carbocycles. The zero-order valence-electron chi connectivity index (χ0n) is 22.9. The van der Waals surface area contributed by atoms with E-state index in [1.165, 1.54) is 5.57 Å². The Morgan fingerprint density at radius 2 is 1.60 bits per heavy atom. The summed E-state index contributed by atoms with van der Waals surface area (Å²) in [7, 11) is 0. The highest BCUT2D eigenvalue weighted by molar-refractivity contribution is 5.76. The summed E-state index contributed by atoms with van der Waals surface area (Å²) in [6.07, 6.45) is 6.32. The molecule has 198 valence electrons. The molecular formula is C30H48O5. The molecule has 0 aromatic heterocycles. The van der Waals surface area contributed by atoms with E-state index in [4.69, 9.17) is 0 Å². The van der Waals surface area contributed by atoms with Gasteiger partial charge in [0.25, 0.3) is 0 Å². The molecule has 5 heteroatoms. The molecule has 0 aromatic rings. The Bertz CT molecular complexity index is 956. The maximum Gasteiger partial charge on any atom is 0.310 e. The van der Waals surface area contributed by atoms with Crippen molar-refractivity contribution in [2.45, 2.75) is 118 Å². The number of hydrogen-bond acceptors (Lipinski definition) is 4. The van der Waals surface area contributed by atoms with Crippen LogP contribution in [-0.4, -0.2) is 44.2 Å². The lowest BCUT2D eigenvalue weighted by Crippen LogP contribution is -2.77. The number of carboxylic acid groups (broad SMARTS) is 1. The zero-order valence-corrected chi connectivity index (χ0v) is 22.9. The van der Waals surface area contributed by atoms with Crippen LogP contribution < -0.4 is 0 Å². The molecule has 0 amide bonds. The standard InChI is InChI=1S/C30H48O5/c1-17-8-12-29(24(33)34)15-14-26(5)19(23(29)18(17)2)9-13-30(35)27(26,6)11-10-20-25(3,4)21(31)16-22(32)28(20,30)7/h9,17-18,20-23,31-32,35H,8,10-16H2,1-7H3,(H,33,34)/t17-,18+,20?,21+,22?,23+,26-,27+,28-,29+,30?/m1/s1. The Balaban J connectivity index is 1.68. The summed E-state index contributed by atoms with van der Waals surface area (Å²) in [4.78, 5) is 12.8. The first-order valence-corrected chi connectivity index (χ1v) is 14.1. The first kappa shape index (κ1) is 25.7. The number of aliphatic hydroxyl groups is 3. The fraction of sp³-hybridized carbons (Fsp3) is 0.900. The van der Waals surface area contributed by atoms with Crippen molar-refractivity contribution in [3.8, 4) is 0 Å². The van der Waals surface area contributed by atoms with Crippen molar-refractivity contribution in [2.75, 3.05) is 0 Å². The number of aliphatic hydroxyl groups excluding tert-OH is 2. The van der Waals surface area contributed by atoms with Gasteiger partial charge in [-0.05, 0) is 79.4 Å². The summed E-state index contributed by atoms with van der Waals surface area (Å²) in [6.45, 7) is 15.3. The van der Waals surface area contributed by atoms with Crippen LogP contribution in [0.4, 0.5) is 0 Å². The summed E-state index contributed by atoms with van der Waals surface area (Å²) >= 11 is 0. The van der Waals surface area contributed by atoms with E-state index in [1.807, 2.05) is 0 Å². The molecule has 0 radical (unpaired) electrons. The molecule has 5 nitrogen and oxygen atoms in total. The van der Waals surface area contributed by atoms with Crippen LogP contribution in [0.1, 0.15) is 99.8 Å². The molecular weight excluding hydrogens is 440 g/mol. The van der Waals surface area contributed by atoms with Crippen molar-refractivity contribution in [3.05, 3.63) is 11.6 Å². The van der Waals surface area contributed by atoms with E-state index >= 15 is 0 Å². The second kappa shape index (κ2) is 7.35. The summed E-state index contributed by atoms with van der Waals surface area (Å²) in [5, 5.41) is 45.8. The van der Waals surface area contributed by atoms with Gasteiger partial charge in [-0.2, -0.15) is 0 Å². The lowest BCUT2D eigenvalue weighted by atomic mass is 9.31. The number of carbonyl (C=O) groups is 1. The van der Waals surface area contributed by atoms with Crippen LogP contribution in [0.25, 0.3) is 0 Å². The van der Waals surface area contributed by atoms with E-state index in [0.717, 1.165) is 32.1 Å². The number of hydrogen-bond donors (Lipinski definition) is 4. The van der Waals surface area contributed by atoms with Gasteiger partial charge in [-0.3, -0.25) is 4.79 Å². The minimum absolute atomic E-state index is 0.000650. The number of aliphatic carboxylic acids is 1. The third-order valence-corrected chi connectivity index (χ3v) is 13.7. The normalized spacial score (nSPS) is 57.1. The summed E-state index contributed by atoms with van der Waals surface area (Å²) in [5.41, 5.74) is -2.54. The molecule has 5 rings (SSSR count). The lowest BCUT2D eigenvalue weighted by molar-refractivity contribution is -0.317. The maximum atomic E-state index is 12.9. The Labute approximate surface area is 211 Å². The molecule has 4 fully saturated rings. The predicted molar refractivity (Wildman–Crippen MR) is 135 cm³/mol. The van der Waals surface area contributed by atoms with Crippen LogP contribution in [0.2, 0.25) is 0 Å². The Hall–Kier alpha value is -0.910. The van der Waals surface area contributed by atoms with E-state index in [-0.39, 0.29) is 29.6 Å². The van der Waals surface area contributed by atoms with Crippen LogP contribution in [0.15, 0.2) is 11.6 Å². The van der Waals surface area contributed by atoms with Gasteiger partial charge in [-0.25, -0.2) is 0 Å². The molecule has 11 atom stereocenters. The highest BCUT2D eigenvalue weighted by Crippen LogP contribution is 2.77. The van der Waals surface area contributed by atoms with Crippen LogP contribution >= 0.6 is 0 Å². The van der Waals surface area contributed by atoms with Gasteiger partial charge >= 0.3 is 5.97 Å². The maximum absolute atomic E-state index is 12.9. The predicted octanol–water partition coefficient (Wildman–Crippen LogP) is 5.18. The monoisotopic (exact) mass is 488 g/mol. The number of fused-ring (bicyclic) bond motifs is 7. The second-order valence-corrected chi connectivity index (χ2v) is 14.7. The van der Waals surface area contributed by atoms with Crippen molar-refractivity contribution in [1.82, 2.24) is 0 Å². The van der Waals surface area contributed by atoms with Gasteiger partial charge in [0.1, 0.15) is 0 Å². The van der Waals surface area contributed by atoms with E-state index in [2.05, 4.69) is 54.5 Å². The fourth-order valence-electron chi connectivity index (χ4n) is 10.8. The van der Waals surface area contributed by atoms with Crippen LogP contribution in [0.3, 0.4) is 0 Å². The van der Waals surface area contributed by atoms with Crippen LogP contribution in [0, 0.1) is 50.7 Å². The van der Waals surface area contributed by atoms with Gasteiger partial charge in [0.2, 0.25) is 0 Å². The molecule has 0 saturated heterocycles. The molecule has 0 bridgehead atoms. The smallest absolute Gasteiger partial charge is 0.310 e. The third kappa shape index (κ3) is 2.69. The summed E-state index contributed by atoms with van der Waals surface area (Å²) < 4.78 is 0. The van der Waals surface area contributed by atoms with Crippen molar-refractivity contribution in [3.63, 3.8) is 0 Å². The molecule has 4 N–H and O–H groups in total. The van der Waals surface area contributed by atoms with E-state index in [0.29, 0.717) is 18.8 Å². The van der Waals surface area contributed by atoms with Gasteiger partial charge in [-0.1, -0.05) is 60.1 Å². The third-order valence-electron chi connectivity index (χ3n) is 13.7. The second-order valence-electron chi connectivity index (χ2n) is 14.7. The Morgan fingerprint density at radius 1 is 0.943 bits per heavy atom.